The predicted molar refractivity (Wildman–Crippen MR) is 75.6 cm³/mol. The van der Waals surface area contributed by atoms with Crippen molar-refractivity contribution >= 4 is 23.6 Å². The van der Waals surface area contributed by atoms with E-state index in [2.05, 4.69) is 5.32 Å². The van der Waals surface area contributed by atoms with Gasteiger partial charge in [-0.15, -0.1) is 0 Å². The van der Waals surface area contributed by atoms with Crippen LogP contribution in [0.4, 0.5) is 0 Å². The summed E-state index contributed by atoms with van der Waals surface area (Å²) in [5, 5.41) is 3.75. The zero-order chi connectivity index (χ0) is 13.0. The van der Waals surface area contributed by atoms with Crippen molar-refractivity contribution in [3.8, 4) is 0 Å². The van der Waals surface area contributed by atoms with Gasteiger partial charge in [0.2, 0.25) is 5.91 Å². The summed E-state index contributed by atoms with van der Waals surface area (Å²) in [7, 11) is 0. The first-order valence-electron chi connectivity index (χ1n) is 6.40. The second-order valence-electron chi connectivity index (χ2n) is 4.83. The predicted octanol–water partition coefficient (Wildman–Crippen LogP) is 3.72. The highest BCUT2D eigenvalue weighted by Gasteiger charge is 2.15. The quantitative estimate of drug-likeness (QED) is 0.828. The van der Waals surface area contributed by atoms with Crippen molar-refractivity contribution < 1.29 is 4.79 Å². The summed E-state index contributed by atoms with van der Waals surface area (Å²) < 4.78 is 0. The Morgan fingerprint density at radius 1 is 1.39 bits per heavy atom. The summed E-state index contributed by atoms with van der Waals surface area (Å²) in [5.41, 5.74) is 2.00. The van der Waals surface area contributed by atoms with Crippen molar-refractivity contribution in [1.82, 2.24) is 5.32 Å². The minimum absolute atomic E-state index is 0.0152. The maximum atomic E-state index is 11.7. The Morgan fingerprint density at radius 2 is 2.11 bits per heavy atom. The molecule has 1 aromatic carbocycles. The molecule has 18 heavy (non-hydrogen) atoms. The zero-order valence-corrected chi connectivity index (χ0v) is 11.3. The molecule has 0 atom stereocenters. The van der Waals surface area contributed by atoms with Crippen LogP contribution in [0.3, 0.4) is 0 Å². The number of rotatable bonds is 3. The van der Waals surface area contributed by atoms with Crippen LogP contribution in [0, 0.1) is 6.92 Å². The normalized spacial score (nSPS) is 16.3. The fourth-order valence-electron chi connectivity index (χ4n) is 2.20. The standard InChI is InChI=1S/C15H18ClNO/c1-11-6-7-12(10-14(11)16)8-9-15(18)17-13-4-2-3-5-13/h6-10,13H,2-5H2,1H3,(H,17,18)/b9-8-. The molecule has 1 saturated carbocycles. The number of carbonyl (C=O) groups excluding carboxylic acids is 1. The van der Waals surface area contributed by atoms with Crippen LogP contribution in [0.25, 0.3) is 6.08 Å². The molecule has 0 saturated heterocycles. The van der Waals surface area contributed by atoms with E-state index in [1.807, 2.05) is 25.1 Å². The molecule has 0 aromatic heterocycles. The second-order valence-corrected chi connectivity index (χ2v) is 5.24. The molecule has 1 aliphatic carbocycles. The van der Waals surface area contributed by atoms with Gasteiger partial charge < -0.3 is 5.32 Å². The van der Waals surface area contributed by atoms with Gasteiger partial charge in [-0.3, -0.25) is 4.79 Å². The Morgan fingerprint density at radius 3 is 2.78 bits per heavy atom. The molecule has 1 aromatic rings. The Bertz CT molecular complexity index is 462. The van der Waals surface area contributed by atoms with E-state index < -0.39 is 0 Å². The maximum Gasteiger partial charge on any atom is 0.244 e. The third kappa shape index (κ3) is 3.61. The minimum Gasteiger partial charge on any atom is -0.350 e. The van der Waals surface area contributed by atoms with E-state index in [4.69, 9.17) is 11.6 Å². The highest BCUT2D eigenvalue weighted by atomic mass is 35.5. The second kappa shape index (κ2) is 6.05. The molecule has 0 bridgehead atoms. The average Bonchev–Trinajstić information content (AvgIpc) is 2.83. The summed E-state index contributed by atoms with van der Waals surface area (Å²) in [4.78, 5) is 11.7. The van der Waals surface area contributed by atoms with Gasteiger partial charge >= 0.3 is 0 Å². The lowest BCUT2D eigenvalue weighted by molar-refractivity contribution is -0.117. The van der Waals surface area contributed by atoms with Crippen molar-refractivity contribution in [2.24, 2.45) is 0 Å². The topological polar surface area (TPSA) is 29.1 Å². The number of nitrogens with one attached hydrogen (secondary N) is 1. The number of aryl methyl sites for hydroxylation is 1. The number of halogens is 1. The van der Waals surface area contributed by atoms with Gasteiger partial charge in [-0.2, -0.15) is 0 Å². The first kappa shape index (κ1) is 13.2. The molecular formula is C15H18ClNO. The molecule has 3 heteroatoms. The van der Waals surface area contributed by atoms with Crippen LogP contribution >= 0.6 is 11.6 Å². The molecule has 2 rings (SSSR count). The Labute approximate surface area is 113 Å². The fourth-order valence-corrected chi connectivity index (χ4v) is 2.39. The zero-order valence-electron chi connectivity index (χ0n) is 10.6. The number of carbonyl (C=O) groups is 1. The first-order valence-corrected chi connectivity index (χ1v) is 6.77. The van der Waals surface area contributed by atoms with E-state index in [1.54, 1.807) is 12.2 Å². The average molecular weight is 264 g/mol. The van der Waals surface area contributed by atoms with E-state index in [-0.39, 0.29) is 5.91 Å². The van der Waals surface area contributed by atoms with Crippen LogP contribution in [0.15, 0.2) is 24.3 Å². The largest absolute Gasteiger partial charge is 0.350 e. The van der Waals surface area contributed by atoms with Crippen LogP contribution < -0.4 is 5.32 Å². The Kier molecular flexibility index (Phi) is 4.43. The number of hydrogen-bond acceptors (Lipinski definition) is 1. The van der Waals surface area contributed by atoms with Crippen molar-refractivity contribution in [2.45, 2.75) is 38.6 Å². The van der Waals surface area contributed by atoms with Gasteiger partial charge in [0.1, 0.15) is 0 Å². The molecule has 0 unspecified atom stereocenters. The summed E-state index contributed by atoms with van der Waals surface area (Å²) in [6, 6.07) is 6.15. The van der Waals surface area contributed by atoms with Gasteiger partial charge in [0.05, 0.1) is 0 Å². The molecular weight excluding hydrogens is 246 g/mol. The molecule has 1 N–H and O–H groups in total. The van der Waals surface area contributed by atoms with Crippen molar-refractivity contribution in [3.05, 3.63) is 40.4 Å². The van der Waals surface area contributed by atoms with E-state index >= 15 is 0 Å². The number of hydrogen-bond donors (Lipinski definition) is 1. The van der Waals surface area contributed by atoms with Gasteiger partial charge in [-0.05, 0) is 43.0 Å². The minimum atomic E-state index is -0.0152. The van der Waals surface area contributed by atoms with Crippen molar-refractivity contribution in [2.75, 3.05) is 0 Å². The van der Waals surface area contributed by atoms with Crippen molar-refractivity contribution in [3.63, 3.8) is 0 Å². The monoisotopic (exact) mass is 263 g/mol. The SMILES string of the molecule is Cc1ccc(/C=C\C(=O)NC2CCCC2)cc1Cl. The molecule has 0 aliphatic heterocycles. The van der Waals surface area contributed by atoms with Gasteiger partial charge in [0.25, 0.3) is 0 Å². The summed E-state index contributed by atoms with van der Waals surface area (Å²) in [5.74, 6) is -0.0152. The Hall–Kier alpha value is -1.28. The number of amides is 1. The maximum absolute atomic E-state index is 11.7. The lowest BCUT2D eigenvalue weighted by atomic mass is 10.1. The molecule has 1 fully saturated rings. The van der Waals surface area contributed by atoms with Crippen LogP contribution in [-0.4, -0.2) is 11.9 Å². The molecule has 0 heterocycles. The van der Waals surface area contributed by atoms with Crippen LogP contribution in [0.1, 0.15) is 36.8 Å². The highest BCUT2D eigenvalue weighted by Crippen LogP contribution is 2.18. The molecule has 2 nitrogen and oxygen atoms in total. The smallest absolute Gasteiger partial charge is 0.244 e. The third-order valence-corrected chi connectivity index (χ3v) is 3.73. The van der Waals surface area contributed by atoms with E-state index in [0.29, 0.717) is 6.04 Å². The van der Waals surface area contributed by atoms with Gasteiger partial charge in [-0.25, -0.2) is 0 Å². The van der Waals surface area contributed by atoms with E-state index in [0.717, 1.165) is 29.0 Å². The lowest BCUT2D eigenvalue weighted by Gasteiger charge is -2.09. The van der Waals surface area contributed by atoms with Crippen LogP contribution in [0.5, 0.6) is 0 Å². The molecule has 0 spiro atoms. The van der Waals surface area contributed by atoms with Crippen molar-refractivity contribution in [1.29, 1.82) is 0 Å². The fraction of sp³-hybridized carbons (Fsp3) is 0.400. The highest BCUT2D eigenvalue weighted by molar-refractivity contribution is 6.31. The lowest BCUT2D eigenvalue weighted by Crippen LogP contribution is -2.30. The number of benzene rings is 1. The molecule has 0 radical (unpaired) electrons. The molecule has 1 aliphatic rings. The summed E-state index contributed by atoms with van der Waals surface area (Å²) >= 11 is 6.03. The molecule has 96 valence electrons. The van der Waals surface area contributed by atoms with Gasteiger partial charge in [0.15, 0.2) is 0 Å². The van der Waals surface area contributed by atoms with E-state index in [1.165, 1.54) is 12.8 Å². The third-order valence-electron chi connectivity index (χ3n) is 3.32. The van der Waals surface area contributed by atoms with Crippen LogP contribution in [0.2, 0.25) is 5.02 Å². The first-order chi connectivity index (χ1) is 8.65. The van der Waals surface area contributed by atoms with Gasteiger partial charge in [0, 0.05) is 17.1 Å². The molecule has 1 amide bonds. The van der Waals surface area contributed by atoms with E-state index in [9.17, 15) is 4.79 Å². The van der Waals surface area contributed by atoms with Gasteiger partial charge in [-0.1, -0.05) is 36.6 Å². The summed E-state index contributed by atoms with van der Waals surface area (Å²) in [6.45, 7) is 1.96. The van der Waals surface area contributed by atoms with Crippen LogP contribution in [-0.2, 0) is 4.79 Å². The summed E-state index contributed by atoms with van der Waals surface area (Å²) in [6.07, 6.45) is 8.05. The Balaban J connectivity index is 1.92.